The van der Waals surface area contributed by atoms with E-state index in [1.54, 1.807) is 12.1 Å². The molecular formula is C12H11Cl3N2. The van der Waals surface area contributed by atoms with Crippen molar-refractivity contribution in [3.8, 4) is 0 Å². The zero-order valence-corrected chi connectivity index (χ0v) is 12.0. The number of fused-ring (bicyclic) bond motifs is 1. The number of hydrogen-bond donors (Lipinski definition) is 0. The Hall–Kier alpha value is -0.570. The molecule has 5 heteroatoms. The quantitative estimate of drug-likeness (QED) is 0.690. The SMILES string of the molecule is CC(C)(C)c1nc2cc(Cl)cc(Cl)c2nc1Cl. The zero-order chi connectivity index (χ0) is 12.8. The van der Waals surface area contributed by atoms with E-state index in [4.69, 9.17) is 34.8 Å². The summed E-state index contributed by atoms with van der Waals surface area (Å²) < 4.78 is 0. The summed E-state index contributed by atoms with van der Waals surface area (Å²) in [5, 5.41) is 1.38. The maximum Gasteiger partial charge on any atom is 0.151 e. The number of nitrogens with zero attached hydrogens (tertiary/aromatic N) is 2. The Balaban J connectivity index is 2.81. The van der Waals surface area contributed by atoms with Crippen molar-refractivity contribution in [2.24, 2.45) is 0 Å². The number of hydrogen-bond acceptors (Lipinski definition) is 2. The minimum Gasteiger partial charge on any atom is -0.247 e. The Labute approximate surface area is 115 Å². The smallest absolute Gasteiger partial charge is 0.151 e. The van der Waals surface area contributed by atoms with Crippen LogP contribution in [0.1, 0.15) is 26.5 Å². The first-order chi connectivity index (χ1) is 7.79. The van der Waals surface area contributed by atoms with E-state index in [9.17, 15) is 0 Å². The van der Waals surface area contributed by atoms with Gasteiger partial charge < -0.3 is 0 Å². The third-order valence-electron chi connectivity index (χ3n) is 2.36. The third kappa shape index (κ3) is 2.49. The van der Waals surface area contributed by atoms with Crippen molar-refractivity contribution < 1.29 is 0 Å². The van der Waals surface area contributed by atoms with Crippen LogP contribution in [0.25, 0.3) is 11.0 Å². The van der Waals surface area contributed by atoms with Crippen LogP contribution in [0.5, 0.6) is 0 Å². The van der Waals surface area contributed by atoms with Gasteiger partial charge in [0.1, 0.15) is 5.52 Å². The van der Waals surface area contributed by atoms with Gasteiger partial charge in [0.2, 0.25) is 0 Å². The van der Waals surface area contributed by atoms with Gasteiger partial charge in [-0.3, -0.25) is 0 Å². The van der Waals surface area contributed by atoms with E-state index in [-0.39, 0.29) is 5.41 Å². The molecule has 0 spiro atoms. The highest BCUT2D eigenvalue weighted by Gasteiger charge is 2.21. The van der Waals surface area contributed by atoms with E-state index in [0.29, 0.717) is 26.2 Å². The fourth-order valence-corrected chi connectivity index (χ4v) is 2.48. The van der Waals surface area contributed by atoms with E-state index in [0.717, 1.165) is 5.69 Å². The van der Waals surface area contributed by atoms with Crippen LogP contribution < -0.4 is 0 Å². The maximum atomic E-state index is 6.13. The molecule has 0 aliphatic heterocycles. The van der Waals surface area contributed by atoms with Gasteiger partial charge in [0.25, 0.3) is 0 Å². The van der Waals surface area contributed by atoms with Crippen LogP contribution in [0, 0.1) is 0 Å². The van der Waals surface area contributed by atoms with Gasteiger partial charge in [-0.25, -0.2) is 9.97 Å². The molecule has 0 unspecified atom stereocenters. The lowest BCUT2D eigenvalue weighted by Crippen LogP contribution is -2.15. The minimum absolute atomic E-state index is 0.174. The van der Waals surface area contributed by atoms with Crippen molar-refractivity contribution in [2.45, 2.75) is 26.2 Å². The molecule has 1 aromatic carbocycles. The average Bonchev–Trinajstić information content (AvgIpc) is 2.16. The second-order valence-electron chi connectivity index (χ2n) is 4.87. The van der Waals surface area contributed by atoms with Crippen LogP contribution in [0.2, 0.25) is 15.2 Å². The lowest BCUT2D eigenvalue weighted by molar-refractivity contribution is 0.569. The summed E-state index contributed by atoms with van der Waals surface area (Å²) >= 11 is 18.1. The molecule has 2 nitrogen and oxygen atoms in total. The van der Waals surface area contributed by atoms with Crippen LogP contribution in [-0.4, -0.2) is 9.97 Å². The summed E-state index contributed by atoms with van der Waals surface area (Å²) in [5.41, 5.74) is 1.81. The highest BCUT2D eigenvalue weighted by Crippen LogP contribution is 2.31. The monoisotopic (exact) mass is 288 g/mol. The first-order valence-corrected chi connectivity index (χ1v) is 6.25. The summed E-state index contributed by atoms with van der Waals surface area (Å²) in [4.78, 5) is 8.80. The molecule has 0 amide bonds. The molecule has 0 N–H and O–H groups in total. The molecule has 0 atom stereocenters. The predicted octanol–water partition coefficient (Wildman–Crippen LogP) is 4.89. The van der Waals surface area contributed by atoms with Crippen molar-refractivity contribution in [1.29, 1.82) is 0 Å². The number of rotatable bonds is 0. The third-order valence-corrected chi connectivity index (χ3v) is 3.13. The second-order valence-corrected chi connectivity index (χ2v) is 6.07. The molecule has 0 saturated carbocycles. The number of halogens is 3. The first kappa shape index (κ1) is 12.9. The standard InChI is InChI=1S/C12H11Cl3N2/c1-12(2,3)10-11(15)17-9-7(14)4-6(13)5-8(9)16-10/h4-5H,1-3H3. The Morgan fingerprint density at radius 1 is 1.00 bits per heavy atom. The Bertz CT molecular complexity index is 588. The van der Waals surface area contributed by atoms with E-state index < -0.39 is 0 Å². The van der Waals surface area contributed by atoms with Crippen LogP contribution in [0.3, 0.4) is 0 Å². The summed E-state index contributed by atoms with van der Waals surface area (Å²) in [5.74, 6) is 0. The van der Waals surface area contributed by atoms with Crippen molar-refractivity contribution in [1.82, 2.24) is 9.97 Å². The van der Waals surface area contributed by atoms with Gasteiger partial charge in [-0.2, -0.15) is 0 Å². The molecular weight excluding hydrogens is 279 g/mol. The van der Waals surface area contributed by atoms with Gasteiger partial charge in [-0.15, -0.1) is 0 Å². The predicted molar refractivity (Wildman–Crippen MR) is 73.3 cm³/mol. The fourth-order valence-electron chi connectivity index (χ4n) is 1.54. The molecule has 17 heavy (non-hydrogen) atoms. The molecule has 2 rings (SSSR count). The molecule has 0 radical (unpaired) electrons. The van der Waals surface area contributed by atoms with Gasteiger partial charge in [0.15, 0.2) is 5.15 Å². The van der Waals surface area contributed by atoms with Gasteiger partial charge in [0.05, 0.1) is 16.2 Å². The van der Waals surface area contributed by atoms with E-state index >= 15 is 0 Å². The van der Waals surface area contributed by atoms with Gasteiger partial charge >= 0.3 is 0 Å². The van der Waals surface area contributed by atoms with Gasteiger partial charge in [-0.1, -0.05) is 55.6 Å². The van der Waals surface area contributed by atoms with Crippen LogP contribution in [0.15, 0.2) is 12.1 Å². The van der Waals surface area contributed by atoms with Crippen LogP contribution in [-0.2, 0) is 5.41 Å². The fraction of sp³-hybridized carbons (Fsp3) is 0.333. The molecule has 0 aliphatic rings. The largest absolute Gasteiger partial charge is 0.247 e. The summed E-state index contributed by atoms with van der Waals surface area (Å²) in [6.45, 7) is 6.09. The summed E-state index contributed by atoms with van der Waals surface area (Å²) in [6.07, 6.45) is 0. The van der Waals surface area contributed by atoms with Gasteiger partial charge in [-0.05, 0) is 12.1 Å². The van der Waals surface area contributed by atoms with Crippen molar-refractivity contribution in [2.75, 3.05) is 0 Å². The number of benzene rings is 1. The van der Waals surface area contributed by atoms with E-state index in [1.165, 1.54) is 0 Å². The lowest BCUT2D eigenvalue weighted by Gasteiger charge is -2.19. The lowest BCUT2D eigenvalue weighted by atomic mass is 9.92. The summed E-state index contributed by atoms with van der Waals surface area (Å²) in [6, 6.07) is 3.37. The number of aromatic nitrogens is 2. The molecule has 0 bridgehead atoms. The molecule has 2 aromatic rings. The van der Waals surface area contributed by atoms with Crippen molar-refractivity contribution in [3.63, 3.8) is 0 Å². The van der Waals surface area contributed by atoms with Crippen molar-refractivity contribution in [3.05, 3.63) is 33.0 Å². The summed E-state index contributed by atoms with van der Waals surface area (Å²) in [7, 11) is 0. The molecule has 1 heterocycles. The Morgan fingerprint density at radius 3 is 2.24 bits per heavy atom. The molecule has 0 aliphatic carbocycles. The molecule has 0 saturated heterocycles. The Kier molecular flexibility index (Phi) is 3.23. The van der Waals surface area contributed by atoms with E-state index in [2.05, 4.69) is 9.97 Å². The normalized spacial score (nSPS) is 12.1. The van der Waals surface area contributed by atoms with Gasteiger partial charge in [0, 0.05) is 10.4 Å². The minimum atomic E-state index is -0.174. The highest BCUT2D eigenvalue weighted by molar-refractivity contribution is 6.38. The second kappa shape index (κ2) is 4.27. The average molecular weight is 290 g/mol. The first-order valence-electron chi connectivity index (χ1n) is 5.12. The van der Waals surface area contributed by atoms with E-state index in [1.807, 2.05) is 20.8 Å². The molecule has 1 aromatic heterocycles. The van der Waals surface area contributed by atoms with Crippen LogP contribution in [0.4, 0.5) is 0 Å². The highest BCUT2D eigenvalue weighted by atomic mass is 35.5. The Morgan fingerprint density at radius 2 is 1.65 bits per heavy atom. The molecule has 90 valence electrons. The van der Waals surface area contributed by atoms with Crippen LogP contribution >= 0.6 is 34.8 Å². The van der Waals surface area contributed by atoms with Crippen molar-refractivity contribution >= 4 is 45.8 Å². The zero-order valence-electron chi connectivity index (χ0n) is 9.68. The maximum absolute atomic E-state index is 6.13. The molecule has 0 fully saturated rings. The topological polar surface area (TPSA) is 25.8 Å².